The van der Waals surface area contributed by atoms with Crippen molar-refractivity contribution in [3.63, 3.8) is 0 Å². The molecular weight excluding hydrogens is 181 g/mol. The molecule has 0 aliphatic rings. The van der Waals surface area contributed by atoms with Crippen molar-refractivity contribution in [1.29, 1.82) is 0 Å². The number of aryl methyl sites for hydroxylation is 2. The summed E-state index contributed by atoms with van der Waals surface area (Å²) in [5.41, 5.74) is 3.42. The van der Waals surface area contributed by atoms with E-state index in [4.69, 9.17) is 11.6 Å². The van der Waals surface area contributed by atoms with E-state index in [1.165, 1.54) is 11.1 Å². The molecule has 3 heteroatoms. The maximum Gasteiger partial charge on any atom is 0.0647 e. The van der Waals surface area contributed by atoms with Crippen LogP contribution < -0.4 is 0 Å². The second-order valence-corrected chi connectivity index (χ2v) is 2.66. The van der Waals surface area contributed by atoms with Crippen LogP contribution in [0, 0.1) is 13.8 Å². The molecule has 0 atom stereocenters. The number of alkyl halides is 1. The van der Waals surface area contributed by atoms with Crippen molar-refractivity contribution in [1.82, 2.24) is 4.98 Å². The fourth-order valence-corrected chi connectivity index (χ4v) is 0.902. The second-order valence-electron chi connectivity index (χ2n) is 2.39. The molecule has 1 aromatic rings. The molecular formula is C8H11Cl2N. The van der Waals surface area contributed by atoms with Gasteiger partial charge in [0.2, 0.25) is 0 Å². The molecule has 1 heterocycles. The number of rotatable bonds is 1. The van der Waals surface area contributed by atoms with E-state index in [0.29, 0.717) is 5.88 Å². The Morgan fingerprint density at radius 1 is 1.36 bits per heavy atom. The molecule has 0 unspecified atom stereocenters. The molecule has 0 spiro atoms. The van der Waals surface area contributed by atoms with Crippen molar-refractivity contribution in [2.24, 2.45) is 0 Å². The summed E-state index contributed by atoms with van der Waals surface area (Å²) in [6.45, 7) is 4.10. The van der Waals surface area contributed by atoms with Crippen molar-refractivity contribution in [3.05, 3.63) is 29.1 Å². The number of hydrogen-bond donors (Lipinski definition) is 0. The second kappa shape index (κ2) is 4.58. The Balaban J connectivity index is 0.000001000. The highest BCUT2D eigenvalue weighted by Crippen LogP contribution is 2.07. The van der Waals surface area contributed by atoms with E-state index in [2.05, 4.69) is 11.9 Å². The molecule has 1 nitrogen and oxygen atoms in total. The van der Waals surface area contributed by atoms with Gasteiger partial charge in [-0.1, -0.05) is 0 Å². The molecule has 62 valence electrons. The van der Waals surface area contributed by atoms with Crippen LogP contribution in [0.25, 0.3) is 0 Å². The Kier molecular flexibility index (Phi) is 4.46. The lowest BCUT2D eigenvalue weighted by molar-refractivity contribution is 1.12. The van der Waals surface area contributed by atoms with Crippen LogP contribution >= 0.6 is 24.0 Å². The van der Waals surface area contributed by atoms with Crippen LogP contribution in [0.3, 0.4) is 0 Å². The van der Waals surface area contributed by atoms with Crippen LogP contribution in [0.1, 0.15) is 16.8 Å². The first kappa shape index (κ1) is 10.7. The highest BCUT2D eigenvalue weighted by molar-refractivity contribution is 6.16. The van der Waals surface area contributed by atoms with Gasteiger partial charge in [0.1, 0.15) is 0 Å². The molecule has 0 saturated carbocycles. The zero-order valence-corrected chi connectivity index (χ0v) is 8.17. The SMILES string of the molecule is Cc1cnc(CCl)cc1C.Cl. The molecule has 0 amide bonds. The molecule has 0 N–H and O–H groups in total. The number of halogens is 2. The minimum Gasteiger partial charge on any atom is -0.260 e. The minimum atomic E-state index is 0. The van der Waals surface area contributed by atoms with Gasteiger partial charge in [0, 0.05) is 6.20 Å². The lowest BCUT2D eigenvalue weighted by Gasteiger charge is -1.99. The number of nitrogens with zero attached hydrogens (tertiary/aromatic N) is 1. The van der Waals surface area contributed by atoms with E-state index < -0.39 is 0 Å². The average molecular weight is 192 g/mol. The minimum absolute atomic E-state index is 0. The number of pyridine rings is 1. The van der Waals surface area contributed by atoms with Gasteiger partial charge in [-0.15, -0.1) is 24.0 Å². The van der Waals surface area contributed by atoms with E-state index >= 15 is 0 Å². The van der Waals surface area contributed by atoms with Crippen molar-refractivity contribution in [3.8, 4) is 0 Å². The highest BCUT2D eigenvalue weighted by Gasteiger charge is 1.94. The quantitative estimate of drug-likeness (QED) is 0.623. The Hall–Kier alpha value is -0.270. The highest BCUT2D eigenvalue weighted by atomic mass is 35.5. The normalized spacial score (nSPS) is 9.00. The summed E-state index contributed by atoms with van der Waals surface area (Å²) in [4.78, 5) is 4.13. The van der Waals surface area contributed by atoms with Gasteiger partial charge < -0.3 is 0 Å². The molecule has 0 saturated heterocycles. The third-order valence-electron chi connectivity index (χ3n) is 1.57. The van der Waals surface area contributed by atoms with Crippen LogP contribution in [0.4, 0.5) is 0 Å². The topological polar surface area (TPSA) is 12.9 Å². The molecule has 0 fully saturated rings. The molecule has 0 aromatic carbocycles. The fourth-order valence-electron chi connectivity index (χ4n) is 0.756. The van der Waals surface area contributed by atoms with E-state index in [-0.39, 0.29) is 12.4 Å². The Labute approximate surface area is 78.2 Å². The fraction of sp³-hybridized carbons (Fsp3) is 0.375. The van der Waals surface area contributed by atoms with Crippen LogP contribution in [0.2, 0.25) is 0 Å². The number of hydrogen-bond acceptors (Lipinski definition) is 1. The lowest BCUT2D eigenvalue weighted by Crippen LogP contribution is -1.88. The van der Waals surface area contributed by atoms with E-state index in [9.17, 15) is 0 Å². The van der Waals surface area contributed by atoms with Gasteiger partial charge in [-0.05, 0) is 31.0 Å². The maximum absolute atomic E-state index is 5.59. The molecule has 1 aromatic heterocycles. The average Bonchev–Trinajstić information content (AvgIpc) is 1.95. The van der Waals surface area contributed by atoms with E-state index in [0.717, 1.165) is 5.69 Å². The predicted molar refractivity (Wildman–Crippen MR) is 50.5 cm³/mol. The molecule has 0 radical (unpaired) electrons. The van der Waals surface area contributed by atoms with Gasteiger partial charge in [0.15, 0.2) is 0 Å². The molecule has 0 bridgehead atoms. The largest absolute Gasteiger partial charge is 0.260 e. The summed E-state index contributed by atoms with van der Waals surface area (Å²) in [5.74, 6) is 0.501. The van der Waals surface area contributed by atoms with Crippen molar-refractivity contribution in [2.75, 3.05) is 0 Å². The Bertz CT molecular complexity index is 236. The van der Waals surface area contributed by atoms with Crippen molar-refractivity contribution in [2.45, 2.75) is 19.7 Å². The smallest absolute Gasteiger partial charge is 0.0647 e. The Morgan fingerprint density at radius 2 is 2.00 bits per heavy atom. The van der Waals surface area contributed by atoms with Crippen LogP contribution in [0.15, 0.2) is 12.3 Å². The first-order valence-electron chi connectivity index (χ1n) is 3.22. The van der Waals surface area contributed by atoms with Crippen LogP contribution in [-0.2, 0) is 5.88 Å². The first-order valence-corrected chi connectivity index (χ1v) is 3.75. The van der Waals surface area contributed by atoms with Gasteiger partial charge >= 0.3 is 0 Å². The standard InChI is InChI=1S/C8H10ClN.ClH/c1-6-3-8(4-9)10-5-7(6)2;/h3,5H,4H2,1-2H3;1H. The van der Waals surface area contributed by atoms with Gasteiger partial charge in [-0.25, -0.2) is 0 Å². The third kappa shape index (κ3) is 2.68. The zero-order chi connectivity index (χ0) is 7.56. The van der Waals surface area contributed by atoms with Gasteiger partial charge in [-0.2, -0.15) is 0 Å². The van der Waals surface area contributed by atoms with Crippen LogP contribution in [0.5, 0.6) is 0 Å². The summed E-state index contributed by atoms with van der Waals surface area (Å²) >= 11 is 5.59. The zero-order valence-electron chi connectivity index (χ0n) is 6.60. The predicted octanol–water partition coefficient (Wildman–Crippen LogP) is 2.86. The van der Waals surface area contributed by atoms with Crippen LogP contribution in [-0.4, -0.2) is 4.98 Å². The molecule has 1 rings (SSSR count). The molecule has 0 aliphatic carbocycles. The molecule has 11 heavy (non-hydrogen) atoms. The summed E-state index contributed by atoms with van der Waals surface area (Å²) < 4.78 is 0. The summed E-state index contributed by atoms with van der Waals surface area (Å²) in [6.07, 6.45) is 1.85. The van der Waals surface area contributed by atoms with Gasteiger partial charge in [0.25, 0.3) is 0 Å². The number of aromatic nitrogens is 1. The summed E-state index contributed by atoms with van der Waals surface area (Å²) in [7, 11) is 0. The maximum atomic E-state index is 5.59. The van der Waals surface area contributed by atoms with Crippen molar-refractivity contribution < 1.29 is 0 Å². The summed E-state index contributed by atoms with van der Waals surface area (Å²) in [6, 6.07) is 2.02. The van der Waals surface area contributed by atoms with E-state index in [1.54, 1.807) is 0 Å². The monoisotopic (exact) mass is 191 g/mol. The van der Waals surface area contributed by atoms with E-state index in [1.807, 2.05) is 19.2 Å². The van der Waals surface area contributed by atoms with Crippen molar-refractivity contribution >= 4 is 24.0 Å². The Morgan fingerprint density at radius 3 is 2.45 bits per heavy atom. The lowest BCUT2D eigenvalue weighted by atomic mass is 10.2. The van der Waals surface area contributed by atoms with Gasteiger partial charge in [0.05, 0.1) is 11.6 Å². The van der Waals surface area contributed by atoms with Gasteiger partial charge in [-0.3, -0.25) is 4.98 Å². The summed E-state index contributed by atoms with van der Waals surface area (Å²) in [5, 5.41) is 0. The molecule has 0 aliphatic heterocycles. The third-order valence-corrected chi connectivity index (χ3v) is 1.84. The first-order chi connectivity index (χ1) is 4.74.